The Kier molecular flexibility index (Phi) is 4.04. The number of halogens is 1. The molecule has 1 unspecified atom stereocenters. The molecule has 0 saturated carbocycles. The summed E-state index contributed by atoms with van der Waals surface area (Å²) in [6.45, 7) is 2.77. The summed E-state index contributed by atoms with van der Waals surface area (Å²) in [5.74, 6) is 0. The normalized spacial score (nSPS) is 12.7. The van der Waals surface area contributed by atoms with Crippen molar-refractivity contribution in [2.75, 3.05) is 11.9 Å². The first-order valence-electron chi connectivity index (χ1n) is 5.22. The lowest BCUT2D eigenvalue weighted by Crippen LogP contribution is -2.15. The molecule has 0 saturated heterocycles. The van der Waals surface area contributed by atoms with Crippen molar-refractivity contribution in [3.05, 3.63) is 32.4 Å². The Hall–Kier alpha value is -0.620. The van der Waals surface area contributed by atoms with Gasteiger partial charge in [-0.2, -0.15) is 0 Å². The van der Waals surface area contributed by atoms with E-state index in [1.807, 2.05) is 31.5 Å². The monoisotopic (exact) mass is 287 g/mol. The van der Waals surface area contributed by atoms with E-state index in [-0.39, 0.29) is 6.04 Å². The Balaban J connectivity index is 2.06. The van der Waals surface area contributed by atoms with Crippen LogP contribution in [-0.2, 0) is 6.54 Å². The number of anilines is 1. The molecule has 0 aliphatic heterocycles. The van der Waals surface area contributed by atoms with Crippen molar-refractivity contribution in [3.8, 4) is 0 Å². The molecule has 0 spiro atoms. The minimum absolute atomic E-state index is 0.00965. The molecule has 2 aromatic heterocycles. The van der Waals surface area contributed by atoms with Crippen molar-refractivity contribution >= 4 is 39.4 Å². The summed E-state index contributed by atoms with van der Waals surface area (Å²) in [5.41, 5.74) is 6.74. The molecule has 0 aliphatic rings. The largest absolute Gasteiger partial charge is 0.346 e. The summed E-state index contributed by atoms with van der Waals surface area (Å²) in [6, 6.07) is 3.96. The fourth-order valence-electron chi connectivity index (χ4n) is 1.40. The maximum atomic E-state index is 5.91. The van der Waals surface area contributed by atoms with Gasteiger partial charge in [-0.25, -0.2) is 4.98 Å². The van der Waals surface area contributed by atoms with Crippen molar-refractivity contribution < 1.29 is 0 Å². The molecule has 2 rings (SSSR count). The number of nitrogens with zero attached hydrogens (tertiary/aromatic N) is 2. The van der Waals surface area contributed by atoms with Gasteiger partial charge in [-0.15, -0.1) is 22.7 Å². The first kappa shape index (κ1) is 12.8. The first-order chi connectivity index (χ1) is 8.06. The number of hydrogen-bond donors (Lipinski definition) is 1. The minimum Gasteiger partial charge on any atom is -0.346 e. The topological polar surface area (TPSA) is 42.1 Å². The lowest BCUT2D eigenvalue weighted by atomic mass is 10.3. The summed E-state index contributed by atoms with van der Waals surface area (Å²) >= 11 is 9.12. The molecular weight excluding hydrogens is 274 g/mol. The number of nitrogens with two attached hydrogens (primary N) is 1. The van der Waals surface area contributed by atoms with Crippen LogP contribution in [-0.4, -0.2) is 12.0 Å². The number of thiazole rings is 1. The molecule has 2 heterocycles. The van der Waals surface area contributed by atoms with Crippen LogP contribution in [0.3, 0.4) is 0 Å². The van der Waals surface area contributed by atoms with Gasteiger partial charge in [0.25, 0.3) is 0 Å². The van der Waals surface area contributed by atoms with Crippen molar-refractivity contribution in [2.45, 2.75) is 19.5 Å². The fraction of sp³-hybridized carbons (Fsp3) is 0.364. The van der Waals surface area contributed by atoms with Gasteiger partial charge >= 0.3 is 0 Å². The van der Waals surface area contributed by atoms with Crippen molar-refractivity contribution in [3.63, 3.8) is 0 Å². The van der Waals surface area contributed by atoms with Crippen LogP contribution in [0.4, 0.5) is 5.13 Å². The van der Waals surface area contributed by atoms with Gasteiger partial charge in [-0.3, -0.25) is 0 Å². The van der Waals surface area contributed by atoms with Gasteiger partial charge in [0, 0.05) is 23.3 Å². The molecule has 3 nitrogen and oxygen atoms in total. The predicted octanol–water partition coefficient (Wildman–Crippen LogP) is 3.51. The molecule has 17 heavy (non-hydrogen) atoms. The predicted molar refractivity (Wildman–Crippen MR) is 76.2 cm³/mol. The van der Waals surface area contributed by atoms with Crippen LogP contribution >= 0.6 is 34.3 Å². The Labute approximate surface area is 114 Å². The molecule has 92 valence electrons. The van der Waals surface area contributed by atoms with Gasteiger partial charge in [0.2, 0.25) is 0 Å². The second-order valence-electron chi connectivity index (χ2n) is 3.91. The van der Waals surface area contributed by atoms with Crippen LogP contribution in [0.1, 0.15) is 23.5 Å². The van der Waals surface area contributed by atoms with Gasteiger partial charge in [0.15, 0.2) is 5.13 Å². The third kappa shape index (κ3) is 3.19. The Morgan fingerprint density at radius 2 is 2.29 bits per heavy atom. The molecule has 0 aliphatic carbocycles. The highest BCUT2D eigenvalue weighted by Crippen LogP contribution is 2.27. The van der Waals surface area contributed by atoms with E-state index in [9.17, 15) is 0 Å². The zero-order valence-corrected chi connectivity index (χ0v) is 12.1. The molecular formula is C11H14ClN3S2. The van der Waals surface area contributed by atoms with E-state index in [2.05, 4.69) is 9.88 Å². The van der Waals surface area contributed by atoms with Crippen molar-refractivity contribution in [1.82, 2.24) is 4.98 Å². The molecule has 1 atom stereocenters. The van der Waals surface area contributed by atoms with E-state index >= 15 is 0 Å². The maximum Gasteiger partial charge on any atom is 0.185 e. The van der Waals surface area contributed by atoms with E-state index < -0.39 is 0 Å². The molecule has 0 radical (unpaired) electrons. The van der Waals surface area contributed by atoms with Crippen LogP contribution < -0.4 is 10.6 Å². The summed E-state index contributed by atoms with van der Waals surface area (Å²) in [6.07, 6.45) is 0. The number of rotatable bonds is 4. The van der Waals surface area contributed by atoms with Gasteiger partial charge in [0.05, 0.1) is 16.6 Å². The molecule has 0 fully saturated rings. The SMILES string of the molecule is CC(N)c1csc(N(C)Cc2ccc(Cl)s2)n1. The molecule has 2 aromatic rings. The van der Waals surface area contributed by atoms with Crippen LogP contribution in [0.15, 0.2) is 17.5 Å². The lowest BCUT2D eigenvalue weighted by Gasteiger charge is -2.14. The standard InChI is InChI=1S/C11H14ClN3S2/c1-7(13)9-6-16-11(14-9)15(2)5-8-3-4-10(12)17-8/h3-4,6-7H,5,13H2,1-2H3. The highest BCUT2D eigenvalue weighted by molar-refractivity contribution is 7.16. The van der Waals surface area contributed by atoms with E-state index in [1.54, 1.807) is 22.7 Å². The zero-order valence-electron chi connectivity index (χ0n) is 9.68. The van der Waals surface area contributed by atoms with E-state index in [4.69, 9.17) is 17.3 Å². The summed E-state index contributed by atoms with van der Waals surface area (Å²) in [5, 5.41) is 3.00. The van der Waals surface area contributed by atoms with Gasteiger partial charge in [0.1, 0.15) is 0 Å². The average Bonchev–Trinajstić information content (AvgIpc) is 2.86. The fourth-order valence-corrected chi connectivity index (χ4v) is 3.44. The summed E-state index contributed by atoms with van der Waals surface area (Å²) in [7, 11) is 2.03. The number of thiophene rings is 1. The molecule has 2 N–H and O–H groups in total. The van der Waals surface area contributed by atoms with Crippen LogP contribution in [0.5, 0.6) is 0 Å². The van der Waals surface area contributed by atoms with Gasteiger partial charge in [-0.05, 0) is 19.1 Å². The summed E-state index contributed by atoms with van der Waals surface area (Å²) in [4.78, 5) is 7.85. The second kappa shape index (κ2) is 5.35. The van der Waals surface area contributed by atoms with E-state index in [0.29, 0.717) is 0 Å². The molecule has 6 heteroatoms. The molecule has 0 bridgehead atoms. The Bertz CT molecular complexity index is 492. The number of hydrogen-bond acceptors (Lipinski definition) is 5. The highest BCUT2D eigenvalue weighted by atomic mass is 35.5. The number of aromatic nitrogens is 1. The Morgan fingerprint density at radius 3 is 2.82 bits per heavy atom. The van der Waals surface area contributed by atoms with Crippen molar-refractivity contribution in [2.24, 2.45) is 5.73 Å². The third-order valence-corrected chi connectivity index (χ3v) is 4.51. The quantitative estimate of drug-likeness (QED) is 0.936. The van der Waals surface area contributed by atoms with Crippen molar-refractivity contribution in [1.29, 1.82) is 0 Å². The smallest absolute Gasteiger partial charge is 0.185 e. The Morgan fingerprint density at radius 1 is 1.53 bits per heavy atom. The second-order valence-corrected chi connectivity index (χ2v) is 6.54. The summed E-state index contributed by atoms with van der Waals surface area (Å²) < 4.78 is 0.823. The van der Waals surface area contributed by atoms with Crippen LogP contribution in [0.2, 0.25) is 4.34 Å². The zero-order chi connectivity index (χ0) is 12.4. The van der Waals surface area contributed by atoms with Gasteiger partial charge < -0.3 is 10.6 Å². The van der Waals surface area contributed by atoms with E-state index in [1.165, 1.54) is 4.88 Å². The maximum absolute atomic E-state index is 5.91. The lowest BCUT2D eigenvalue weighted by molar-refractivity contribution is 0.784. The average molecular weight is 288 g/mol. The molecule has 0 aromatic carbocycles. The van der Waals surface area contributed by atoms with E-state index in [0.717, 1.165) is 21.7 Å². The van der Waals surface area contributed by atoms with Crippen LogP contribution in [0, 0.1) is 0 Å². The van der Waals surface area contributed by atoms with Crippen LogP contribution in [0.25, 0.3) is 0 Å². The van der Waals surface area contributed by atoms with Gasteiger partial charge in [-0.1, -0.05) is 11.6 Å². The third-order valence-electron chi connectivity index (χ3n) is 2.32. The first-order valence-corrected chi connectivity index (χ1v) is 7.30. The molecule has 0 amide bonds. The minimum atomic E-state index is -0.00965. The highest BCUT2D eigenvalue weighted by Gasteiger charge is 2.10.